The number of hydrogen-bond donors (Lipinski definition) is 1. The summed E-state index contributed by atoms with van der Waals surface area (Å²) in [5, 5.41) is 3.44. The summed E-state index contributed by atoms with van der Waals surface area (Å²) in [7, 11) is 1.50. The number of ether oxygens (including phenoxy) is 2. The maximum Gasteiger partial charge on any atom is 0.265 e. The molecule has 1 N–H and O–H groups in total. The lowest BCUT2D eigenvalue weighted by molar-refractivity contribution is -0.122. The Bertz CT molecular complexity index is 764. The molecule has 0 radical (unpaired) electrons. The van der Waals surface area contributed by atoms with E-state index in [0.717, 1.165) is 0 Å². The highest BCUT2D eigenvalue weighted by atomic mass is 35.5. The number of rotatable bonds is 6. The van der Waals surface area contributed by atoms with Gasteiger partial charge >= 0.3 is 0 Å². The molecule has 24 heavy (non-hydrogen) atoms. The van der Waals surface area contributed by atoms with Crippen molar-refractivity contribution in [1.29, 1.82) is 0 Å². The quantitative estimate of drug-likeness (QED) is 0.776. The fraction of sp³-hybridized carbons (Fsp3) is 0.176. The molecule has 0 bridgehead atoms. The van der Waals surface area contributed by atoms with Gasteiger partial charge in [-0.15, -0.1) is 0 Å². The molecule has 126 valence electrons. The first-order chi connectivity index (χ1) is 11.4. The number of halogens is 2. The van der Waals surface area contributed by atoms with Crippen molar-refractivity contribution >= 4 is 41.1 Å². The molecule has 1 atom stereocenters. The van der Waals surface area contributed by atoms with Crippen LogP contribution in [0.15, 0.2) is 36.4 Å². The van der Waals surface area contributed by atoms with Crippen molar-refractivity contribution in [3.05, 3.63) is 52.0 Å². The SMILES string of the molecule is COc1ccc(O[C@@H](C)C(=O)Nc2cc(Cl)ccc2Cl)c(C=O)c1. The molecule has 0 saturated heterocycles. The van der Waals surface area contributed by atoms with E-state index in [1.807, 2.05) is 0 Å². The zero-order valence-electron chi connectivity index (χ0n) is 13.0. The highest BCUT2D eigenvalue weighted by molar-refractivity contribution is 6.35. The first kappa shape index (κ1) is 18.1. The van der Waals surface area contributed by atoms with Crippen LogP contribution in [0.3, 0.4) is 0 Å². The normalized spacial score (nSPS) is 11.5. The largest absolute Gasteiger partial charge is 0.497 e. The van der Waals surface area contributed by atoms with Gasteiger partial charge in [0, 0.05) is 5.02 Å². The van der Waals surface area contributed by atoms with Crippen molar-refractivity contribution in [3.8, 4) is 11.5 Å². The van der Waals surface area contributed by atoms with Gasteiger partial charge < -0.3 is 14.8 Å². The van der Waals surface area contributed by atoms with Crippen LogP contribution in [0.4, 0.5) is 5.69 Å². The van der Waals surface area contributed by atoms with E-state index >= 15 is 0 Å². The molecule has 0 aromatic heterocycles. The van der Waals surface area contributed by atoms with E-state index in [9.17, 15) is 9.59 Å². The lowest BCUT2D eigenvalue weighted by Crippen LogP contribution is -2.30. The minimum absolute atomic E-state index is 0.283. The van der Waals surface area contributed by atoms with Gasteiger partial charge in [0.25, 0.3) is 5.91 Å². The molecule has 5 nitrogen and oxygen atoms in total. The summed E-state index contributed by atoms with van der Waals surface area (Å²) in [6.07, 6.45) is -0.219. The van der Waals surface area contributed by atoms with Crippen LogP contribution in [0.5, 0.6) is 11.5 Å². The molecule has 0 fully saturated rings. The van der Waals surface area contributed by atoms with Crippen molar-refractivity contribution in [3.63, 3.8) is 0 Å². The number of carbonyl (C=O) groups excluding carboxylic acids is 2. The third-order valence-electron chi connectivity index (χ3n) is 3.20. The van der Waals surface area contributed by atoms with Gasteiger partial charge in [-0.1, -0.05) is 23.2 Å². The van der Waals surface area contributed by atoms with Crippen LogP contribution in [0, 0.1) is 0 Å². The molecule has 0 aliphatic heterocycles. The van der Waals surface area contributed by atoms with Crippen molar-refractivity contribution in [2.45, 2.75) is 13.0 Å². The predicted molar refractivity (Wildman–Crippen MR) is 93.6 cm³/mol. The predicted octanol–water partition coefficient (Wildman–Crippen LogP) is 4.22. The minimum atomic E-state index is -0.854. The Morgan fingerprint density at radius 1 is 1.21 bits per heavy atom. The van der Waals surface area contributed by atoms with Crippen LogP contribution in [-0.4, -0.2) is 25.4 Å². The molecule has 2 rings (SSSR count). The Morgan fingerprint density at radius 2 is 1.96 bits per heavy atom. The van der Waals surface area contributed by atoms with E-state index in [0.29, 0.717) is 27.8 Å². The lowest BCUT2D eigenvalue weighted by atomic mass is 10.2. The number of anilines is 1. The molecule has 0 aliphatic rings. The topological polar surface area (TPSA) is 64.6 Å². The molecule has 0 spiro atoms. The number of benzene rings is 2. The third-order valence-corrected chi connectivity index (χ3v) is 3.77. The Balaban J connectivity index is 2.11. The molecule has 2 aromatic carbocycles. The number of hydrogen-bond acceptors (Lipinski definition) is 4. The fourth-order valence-corrected chi connectivity index (χ4v) is 2.26. The maximum atomic E-state index is 12.3. The van der Waals surface area contributed by atoms with E-state index in [1.54, 1.807) is 37.3 Å². The minimum Gasteiger partial charge on any atom is -0.497 e. The molecule has 0 aliphatic carbocycles. The molecule has 7 heteroatoms. The van der Waals surface area contributed by atoms with Gasteiger partial charge in [-0.05, 0) is 43.3 Å². The van der Waals surface area contributed by atoms with Crippen molar-refractivity contribution in [2.75, 3.05) is 12.4 Å². The zero-order valence-corrected chi connectivity index (χ0v) is 14.5. The van der Waals surface area contributed by atoms with Crippen LogP contribution in [0.2, 0.25) is 10.0 Å². The van der Waals surface area contributed by atoms with Gasteiger partial charge in [-0.25, -0.2) is 0 Å². The fourth-order valence-electron chi connectivity index (χ4n) is 1.92. The maximum absolute atomic E-state index is 12.3. The molecule has 1 amide bonds. The van der Waals surface area contributed by atoms with E-state index in [2.05, 4.69) is 5.32 Å². The van der Waals surface area contributed by atoms with Crippen molar-refractivity contribution < 1.29 is 19.1 Å². The summed E-state index contributed by atoms with van der Waals surface area (Å²) in [4.78, 5) is 23.4. The van der Waals surface area contributed by atoms with Crippen molar-refractivity contribution in [1.82, 2.24) is 0 Å². The number of nitrogens with one attached hydrogen (secondary N) is 1. The molecule has 0 unspecified atom stereocenters. The number of amides is 1. The van der Waals surface area contributed by atoms with E-state index < -0.39 is 12.0 Å². The van der Waals surface area contributed by atoms with Gasteiger partial charge in [-0.2, -0.15) is 0 Å². The second-order valence-electron chi connectivity index (χ2n) is 4.90. The first-order valence-corrected chi connectivity index (χ1v) is 7.76. The summed E-state index contributed by atoms with van der Waals surface area (Å²) >= 11 is 11.9. The number of aldehydes is 1. The zero-order chi connectivity index (χ0) is 17.7. The van der Waals surface area contributed by atoms with E-state index in [4.69, 9.17) is 32.7 Å². The Labute approximate surface area is 149 Å². The van der Waals surface area contributed by atoms with Crippen LogP contribution in [0.1, 0.15) is 17.3 Å². The van der Waals surface area contributed by atoms with Gasteiger partial charge in [0.1, 0.15) is 11.5 Å². The average molecular weight is 368 g/mol. The van der Waals surface area contributed by atoms with E-state index in [1.165, 1.54) is 13.2 Å². The third kappa shape index (κ3) is 4.40. The lowest BCUT2D eigenvalue weighted by Gasteiger charge is -2.17. The summed E-state index contributed by atoms with van der Waals surface area (Å²) < 4.78 is 10.6. The van der Waals surface area contributed by atoms with Gasteiger partial charge in [-0.3, -0.25) is 9.59 Å². The van der Waals surface area contributed by atoms with E-state index in [-0.39, 0.29) is 11.3 Å². The van der Waals surface area contributed by atoms with Gasteiger partial charge in [0.05, 0.1) is 23.4 Å². The second kappa shape index (κ2) is 8.04. The summed E-state index contributed by atoms with van der Waals surface area (Å²) in [6, 6.07) is 9.48. The Morgan fingerprint density at radius 3 is 2.62 bits per heavy atom. The Kier molecular flexibility index (Phi) is 6.06. The molecular weight excluding hydrogens is 353 g/mol. The summed E-state index contributed by atoms with van der Waals surface area (Å²) in [5.74, 6) is 0.379. The van der Waals surface area contributed by atoms with Crippen LogP contribution in [0.25, 0.3) is 0 Å². The average Bonchev–Trinajstić information content (AvgIpc) is 2.58. The van der Waals surface area contributed by atoms with Crippen LogP contribution in [-0.2, 0) is 4.79 Å². The highest BCUT2D eigenvalue weighted by Gasteiger charge is 2.18. The monoisotopic (exact) mass is 367 g/mol. The summed E-state index contributed by atoms with van der Waals surface area (Å²) in [5.41, 5.74) is 0.671. The highest BCUT2D eigenvalue weighted by Crippen LogP contribution is 2.27. The smallest absolute Gasteiger partial charge is 0.265 e. The van der Waals surface area contributed by atoms with Gasteiger partial charge in [0.15, 0.2) is 12.4 Å². The van der Waals surface area contributed by atoms with Crippen molar-refractivity contribution in [2.24, 2.45) is 0 Å². The van der Waals surface area contributed by atoms with Crippen LogP contribution >= 0.6 is 23.2 Å². The number of methoxy groups -OCH3 is 1. The molecule has 0 saturated carbocycles. The van der Waals surface area contributed by atoms with Gasteiger partial charge in [0.2, 0.25) is 0 Å². The first-order valence-electron chi connectivity index (χ1n) is 7.00. The standard InChI is InChI=1S/C17H15Cl2NO4/c1-10(17(22)20-15-8-12(18)3-5-14(15)19)24-16-6-4-13(23-2)7-11(16)9-21/h3-10H,1-2H3,(H,20,22)/t10-/m0/s1. The number of carbonyl (C=O) groups is 2. The van der Waals surface area contributed by atoms with Crippen LogP contribution < -0.4 is 14.8 Å². The second-order valence-corrected chi connectivity index (χ2v) is 5.74. The Hall–Kier alpha value is -2.24. The molecule has 0 heterocycles. The molecular formula is C17H15Cl2NO4. The molecule has 2 aromatic rings. The summed E-state index contributed by atoms with van der Waals surface area (Å²) in [6.45, 7) is 1.56.